The van der Waals surface area contributed by atoms with Gasteiger partial charge < -0.3 is 9.59 Å². The Morgan fingerprint density at radius 1 is 0.860 bits per heavy atom. The van der Waals surface area contributed by atoms with Gasteiger partial charge in [0.25, 0.3) is 0 Å². The molecule has 0 aliphatic carbocycles. The van der Waals surface area contributed by atoms with Gasteiger partial charge in [-0.3, -0.25) is 4.79 Å². The van der Waals surface area contributed by atoms with Crippen LogP contribution in [0.2, 0.25) is 0 Å². The molecule has 0 unspecified atom stereocenters. The lowest BCUT2D eigenvalue weighted by Gasteiger charge is -2.21. The first-order chi connectivity index (χ1) is 20.5. The van der Waals surface area contributed by atoms with Crippen molar-refractivity contribution >= 4 is 29.6 Å². The number of fused-ring (bicyclic) bond motifs is 1. The molecule has 0 saturated carbocycles. The van der Waals surface area contributed by atoms with E-state index in [0.717, 1.165) is 50.4 Å². The van der Waals surface area contributed by atoms with Crippen molar-refractivity contribution in [2.75, 3.05) is 0 Å². The van der Waals surface area contributed by atoms with E-state index in [1.54, 1.807) is 0 Å². The van der Waals surface area contributed by atoms with Gasteiger partial charge in [0.15, 0.2) is 5.78 Å². The quantitative estimate of drug-likeness (QED) is 0.132. The van der Waals surface area contributed by atoms with Gasteiger partial charge in [-0.2, -0.15) is 0 Å². The Labute approximate surface area is 266 Å². The van der Waals surface area contributed by atoms with Crippen LogP contribution in [0.25, 0.3) is 10.8 Å². The predicted octanol–water partition coefficient (Wildman–Crippen LogP) is 11.7. The summed E-state index contributed by atoms with van der Waals surface area (Å²) < 4.78 is 0. The average molecular weight is 593 g/mol. The second-order valence-electron chi connectivity index (χ2n) is 11.7. The zero-order valence-corrected chi connectivity index (χ0v) is 29.5. The van der Waals surface area contributed by atoms with Crippen molar-refractivity contribution in [1.29, 1.82) is 0 Å². The summed E-state index contributed by atoms with van der Waals surface area (Å²) in [6.45, 7) is 28.8. The fourth-order valence-corrected chi connectivity index (χ4v) is 4.51. The van der Waals surface area contributed by atoms with Crippen LogP contribution in [0.5, 0.6) is 0 Å². The molecule has 0 saturated heterocycles. The number of hydrogen-bond donors (Lipinski definition) is 0. The number of carbonyl (C=O) groups is 3. The van der Waals surface area contributed by atoms with E-state index in [0.29, 0.717) is 23.5 Å². The standard InChI is InChI=1S/C24H42O.C11H10.C2H4O.C2H6.CH2O/c1-9-11-21(10-2)13-15-23(17-20(7)8)24(25)22(16-19(5)6)14-12-18(3)4;1-9-6-7-10-4-2-3-5-11(10)8-9;1-2-3;2*1-2/h9-10,14,18-20,23H,1,11-13,15-17H2,2-8H3;2-8H,1H3;2H,1H3;1-2H3;1H2/b21-10+,22-14-;;;;/t23-;;;;/m0..../s1. The highest BCUT2D eigenvalue weighted by Gasteiger charge is 2.23. The van der Waals surface area contributed by atoms with E-state index in [1.807, 2.05) is 26.7 Å². The van der Waals surface area contributed by atoms with Crippen LogP contribution in [0.4, 0.5) is 0 Å². The highest BCUT2D eigenvalue weighted by molar-refractivity contribution is 5.97. The van der Waals surface area contributed by atoms with Crippen LogP contribution in [0.1, 0.15) is 113 Å². The molecule has 242 valence electrons. The number of carbonyl (C=O) groups excluding carboxylic acids is 3. The molecular formula is C40H64O3. The molecule has 0 bridgehead atoms. The van der Waals surface area contributed by atoms with Crippen LogP contribution < -0.4 is 0 Å². The van der Waals surface area contributed by atoms with Gasteiger partial charge in [0, 0.05) is 5.92 Å². The van der Waals surface area contributed by atoms with E-state index < -0.39 is 0 Å². The molecule has 0 fully saturated rings. The fraction of sp³-hybridized carbons (Fsp3) is 0.525. The van der Waals surface area contributed by atoms with Gasteiger partial charge >= 0.3 is 0 Å². The highest BCUT2D eigenvalue weighted by atomic mass is 16.1. The number of hydrogen-bond acceptors (Lipinski definition) is 3. The van der Waals surface area contributed by atoms with E-state index in [4.69, 9.17) is 9.59 Å². The van der Waals surface area contributed by atoms with E-state index in [2.05, 4.69) is 117 Å². The molecule has 2 aromatic carbocycles. The maximum Gasteiger partial charge on any atom is 0.161 e. The first kappa shape index (κ1) is 44.4. The summed E-state index contributed by atoms with van der Waals surface area (Å²) in [5.41, 5.74) is 3.79. The minimum Gasteiger partial charge on any atom is -0.307 e. The van der Waals surface area contributed by atoms with Crippen LogP contribution in [0.15, 0.2) is 78.4 Å². The Kier molecular flexibility index (Phi) is 29.9. The maximum atomic E-state index is 13.3. The number of rotatable bonds is 13. The van der Waals surface area contributed by atoms with Gasteiger partial charge in [0.05, 0.1) is 0 Å². The summed E-state index contributed by atoms with van der Waals surface area (Å²) in [6, 6.07) is 14.9. The molecule has 0 amide bonds. The Bertz CT molecular complexity index is 1060. The third-order valence-electron chi connectivity index (χ3n) is 6.44. The minimum atomic E-state index is 0.150. The topological polar surface area (TPSA) is 51.2 Å². The molecule has 3 heteroatoms. The highest BCUT2D eigenvalue weighted by Crippen LogP contribution is 2.27. The zero-order valence-electron chi connectivity index (χ0n) is 29.5. The van der Waals surface area contributed by atoms with E-state index >= 15 is 0 Å². The normalized spacial score (nSPS) is 11.6. The summed E-state index contributed by atoms with van der Waals surface area (Å²) in [5.74, 6) is 2.22. The van der Waals surface area contributed by atoms with Crippen molar-refractivity contribution in [3.05, 3.63) is 84.0 Å². The molecule has 0 aliphatic rings. The van der Waals surface area contributed by atoms with Crippen molar-refractivity contribution in [3.8, 4) is 0 Å². The zero-order chi connectivity index (χ0) is 33.8. The third kappa shape index (κ3) is 23.1. The van der Waals surface area contributed by atoms with Gasteiger partial charge in [-0.05, 0) is 93.4 Å². The molecule has 0 heterocycles. The minimum absolute atomic E-state index is 0.150. The maximum absolute atomic E-state index is 13.3. The number of allylic oxidation sites excluding steroid dienone is 5. The van der Waals surface area contributed by atoms with Crippen molar-refractivity contribution in [3.63, 3.8) is 0 Å². The molecule has 0 aromatic heterocycles. The lowest BCUT2D eigenvalue weighted by Crippen LogP contribution is -2.20. The lowest BCUT2D eigenvalue weighted by molar-refractivity contribution is -0.120. The Balaban J connectivity index is -0.000000723. The molecule has 1 atom stereocenters. The molecule has 43 heavy (non-hydrogen) atoms. The van der Waals surface area contributed by atoms with E-state index in [-0.39, 0.29) is 5.92 Å². The number of aldehydes is 1. The number of ketones is 1. The molecule has 2 aromatic rings. The summed E-state index contributed by atoms with van der Waals surface area (Å²) in [5, 5.41) is 2.64. The van der Waals surface area contributed by atoms with Gasteiger partial charge in [0.2, 0.25) is 0 Å². The molecule has 0 radical (unpaired) electrons. The predicted molar refractivity (Wildman–Crippen MR) is 192 cm³/mol. The Morgan fingerprint density at radius 2 is 1.42 bits per heavy atom. The van der Waals surface area contributed by atoms with Crippen molar-refractivity contribution in [2.24, 2.45) is 23.7 Å². The van der Waals surface area contributed by atoms with Crippen LogP contribution in [-0.4, -0.2) is 18.9 Å². The number of aryl methyl sites for hydroxylation is 1. The Hall–Kier alpha value is -3.07. The average Bonchev–Trinajstić information content (AvgIpc) is 2.98. The third-order valence-corrected chi connectivity index (χ3v) is 6.44. The van der Waals surface area contributed by atoms with E-state index in [9.17, 15) is 4.79 Å². The van der Waals surface area contributed by atoms with Crippen LogP contribution in [-0.2, 0) is 14.4 Å². The Morgan fingerprint density at radius 3 is 1.88 bits per heavy atom. The molecule has 2 rings (SSSR count). The lowest BCUT2D eigenvalue weighted by atomic mass is 9.82. The molecular weight excluding hydrogens is 528 g/mol. The van der Waals surface area contributed by atoms with Crippen molar-refractivity contribution < 1.29 is 14.4 Å². The smallest absolute Gasteiger partial charge is 0.161 e. The summed E-state index contributed by atoms with van der Waals surface area (Å²) in [6.07, 6.45) is 12.9. The number of benzene rings is 2. The largest absolute Gasteiger partial charge is 0.307 e. The van der Waals surface area contributed by atoms with Crippen molar-refractivity contribution in [2.45, 2.75) is 115 Å². The van der Waals surface area contributed by atoms with Gasteiger partial charge in [-0.25, -0.2) is 0 Å². The second-order valence-corrected chi connectivity index (χ2v) is 11.7. The van der Waals surface area contributed by atoms with Crippen molar-refractivity contribution in [1.82, 2.24) is 0 Å². The monoisotopic (exact) mass is 592 g/mol. The molecule has 0 N–H and O–H groups in total. The summed E-state index contributed by atoms with van der Waals surface area (Å²) >= 11 is 0. The van der Waals surface area contributed by atoms with Gasteiger partial charge in [-0.15, -0.1) is 6.58 Å². The summed E-state index contributed by atoms with van der Waals surface area (Å²) in [4.78, 5) is 30.1. The van der Waals surface area contributed by atoms with E-state index in [1.165, 1.54) is 28.8 Å². The van der Waals surface area contributed by atoms with Crippen LogP contribution in [0, 0.1) is 30.6 Å². The van der Waals surface area contributed by atoms with Crippen LogP contribution >= 0.6 is 0 Å². The fourth-order valence-electron chi connectivity index (χ4n) is 4.51. The molecule has 0 spiro atoms. The van der Waals surface area contributed by atoms with Gasteiger partial charge in [0.1, 0.15) is 13.1 Å². The van der Waals surface area contributed by atoms with Gasteiger partial charge in [-0.1, -0.05) is 127 Å². The molecule has 3 nitrogen and oxygen atoms in total. The summed E-state index contributed by atoms with van der Waals surface area (Å²) in [7, 11) is 0. The first-order valence-corrected chi connectivity index (χ1v) is 16.1. The SMILES string of the molecule is C=CC/C(=C\C)CC[C@@H](CC(C)C)C(=O)/C(=C\CC(C)C)CC(C)C.C=O.CC.CC=O.Cc1ccc2ccccc2c1. The molecule has 0 aliphatic heterocycles. The number of Topliss-reactive ketones (excluding diaryl/α,β-unsaturated/α-hetero) is 1. The second kappa shape index (κ2) is 29.0. The first-order valence-electron chi connectivity index (χ1n) is 16.1. The van der Waals surface area contributed by atoms with Crippen LogP contribution in [0.3, 0.4) is 0 Å².